The smallest absolute Gasteiger partial charge is 0.225 e. The van der Waals surface area contributed by atoms with Gasteiger partial charge in [-0.1, -0.05) is 41.1 Å². The molecule has 0 aliphatic heterocycles. The summed E-state index contributed by atoms with van der Waals surface area (Å²) in [5.41, 5.74) is 1.93. The predicted octanol–water partition coefficient (Wildman–Crippen LogP) is 4.28. The van der Waals surface area contributed by atoms with Crippen molar-refractivity contribution >= 4 is 21.8 Å². The Hall–Kier alpha value is -2.01. The first-order valence-electron chi connectivity index (χ1n) is 7.83. The molecule has 0 unspecified atom stereocenters. The highest BCUT2D eigenvalue weighted by Crippen LogP contribution is 2.25. The first-order valence-corrected chi connectivity index (χ1v) is 8.62. The molecule has 2 aromatic carbocycles. The largest absolute Gasteiger partial charge is 0.497 e. The second kappa shape index (κ2) is 8.73. The van der Waals surface area contributed by atoms with Crippen molar-refractivity contribution in [2.75, 3.05) is 14.2 Å². The van der Waals surface area contributed by atoms with E-state index in [-0.39, 0.29) is 18.4 Å². The number of carbonyl (C=O) groups is 1. The Morgan fingerprint density at radius 2 is 1.83 bits per heavy atom. The highest BCUT2D eigenvalue weighted by atomic mass is 79.9. The highest BCUT2D eigenvalue weighted by Gasteiger charge is 2.15. The summed E-state index contributed by atoms with van der Waals surface area (Å²) in [4.78, 5) is 12.4. The van der Waals surface area contributed by atoms with E-state index >= 15 is 0 Å². The fraction of sp³-hybridized carbons (Fsp3) is 0.316. The van der Waals surface area contributed by atoms with E-state index in [1.165, 1.54) is 0 Å². The summed E-state index contributed by atoms with van der Waals surface area (Å²) in [5, 5.41) is 3.09. The van der Waals surface area contributed by atoms with Gasteiger partial charge in [0.05, 0.1) is 26.7 Å². The molecular formula is C19H22BrNO3. The molecule has 2 rings (SSSR count). The van der Waals surface area contributed by atoms with Crippen molar-refractivity contribution < 1.29 is 14.3 Å². The van der Waals surface area contributed by atoms with Crippen molar-refractivity contribution in [3.63, 3.8) is 0 Å². The molecule has 4 nitrogen and oxygen atoms in total. The lowest BCUT2D eigenvalue weighted by Gasteiger charge is -2.18. The Balaban J connectivity index is 2.07. The van der Waals surface area contributed by atoms with Gasteiger partial charge in [0, 0.05) is 16.1 Å². The minimum Gasteiger partial charge on any atom is -0.497 e. The molecule has 128 valence electrons. The zero-order valence-corrected chi connectivity index (χ0v) is 15.7. The molecule has 1 amide bonds. The number of carbonyl (C=O) groups excluding carboxylic acids is 1. The first kappa shape index (κ1) is 18.3. The maximum atomic E-state index is 12.4. The van der Waals surface area contributed by atoms with Crippen molar-refractivity contribution in [3.05, 3.63) is 58.1 Å². The van der Waals surface area contributed by atoms with Crippen LogP contribution in [0.5, 0.6) is 11.5 Å². The summed E-state index contributed by atoms with van der Waals surface area (Å²) >= 11 is 3.43. The quantitative estimate of drug-likeness (QED) is 0.765. The molecule has 0 saturated heterocycles. The molecule has 24 heavy (non-hydrogen) atoms. The number of nitrogens with one attached hydrogen (secondary N) is 1. The number of halogens is 1. The van der Waals surface area contributed by atoms with Crippen molar-refractivity contribution in [2.24, 2.45) is 0 Å². The number of benzene rings is 2. The first-order chi connectivity index (χ1) is 11.6. The molecule has 0 aliphatic rings. The van der Waals surface area contributed by atoms with Crippen molar-refractivity contribution in [3.8, 4) is 11.5 Å². The van der Waals surface area contributed by atoms with Crippen LogP contribution in [0.1, 0.15) is 30.5 Å². The van der Waals surface area contributed by atoms with Crippen LogP contribution in [0.25, 0.3) is 0 Å². The Morgan fingerprint density at radius 1 is 1.12 bits per heavy atom. The van der Waals surface area contributed by atoms with Gasteiger partial charge in [0.2, 0.25) is 5.91 Å². The molecule has 0 bridgehead atoms. The van der Waals surface area contributed by atoms with Crippen LogP contribution in [0, 0.1) is 0 Å². The third-order valence-corrected chi connectivity index (χ3v) is 4.39. The number of ether oxygens (including phenoxy) is 2. The SMILES string of the molecule is CC[C@@H](NC(=O)Cc1ccc(OC)cc1OC)c1ccc(Br)cc1. The van der Waals surface area contributed by atoms with E-state index in [4.69, 9.17) is 9.47 Å². The normalized spacial score (nSPS) is 11.7. The standard InChI is InChI=1S/C19H22BrNO3/c1-4-17(13-5-8-15(20)9-6-13)21-19(22)11-14-7-10-16(23-2)12-18(14)24-3/h5-10,12,17H,4,11H2,1-3H3,(H,21,22)/t17-/m1/s1. The topological polar surface area (TPSA) is 47.6 Å². The van der Waals surface area contributed by atoms with Gasteiger partial charge < -0.3 is 14.8 Å². The van der Waals surface area contributed by atoms with Gasteiger partial charge in [-0.15, -0.1) is 0 Å². The maximum absolute atomic E-state index is 12.4. The average molecular weight is 392 g/mol. The number of rotatable bonds is 7. The van der Waals surface area contributed by atoms with E-state index in [0.29, 0.717) is 11.5 Å². The maximum Gasteiger partial charge on any atom is 0.225 e. The molecule has 0 aliphatic carbocycles. The van der Waals surface area contributed by atoms with Gasteiger partial charge in [-0.25, -0.2) is 0 Å². The van der Waals surface area contributed by atoms with E-state index in [9.17, 15) is 4.79 Å². The van der Waals surface area contributed by atoms with Crippen LogP contribution in [0.3, 0.4) is 0 Å². The zero-order valence-electron chi connectivity index (χ0n) is 14.1. The van der Waals surface area contributed by atoms with Crippen molar-refractivity contribution in [1.29, 1.82) is 0 Å². The summed E-state index contributed by atoms with van der Waals surface area (Å²) < 4.78 is 11.6. The summed E-state index contributed by atoms with van der Waals surface area (Å²) in [7, 11) is 3.19. The third-order valence-electron chi connectivity index (χ3n) is 3.86. The molecule has 5 heteroatoms. The molecule has 2 aromatic rings. The van der Waals surface area contributed by atoms with Gasteiger partial charge in [-0.05, 0) is 30.2 Å². The lowest BCUT2D eigenvalue weighted by molar-refractivity contribution is -0.121. The zero-order chi connectivity index (χ0) is 17.5. The average Bonchev–Trinajstić information content (AvgIpc) is 2.60. The lowest BCUT2D eigenvalue weighted by Crippen LogP contribution is -2.29. The summed E-state index contributed by atoms with van der Waals surface area (Å²) in [5.74, 6) is 1.33. The number of hydrogen-bond donors (Lipinski definition) is 1. The fourth-order valence-corrected chi connectivity index (χ4v) is 2.80. The number of amides is 1. The molecule has 0 fully saturated rings. The van der Waals surface area contributed by atoms with Crippen LogP contribution in [0.2, 0.25) is 0 Å². The molecule has 0 heterocycles. The van der Waals surface area contributed by atoms with E-state index in [2.05, 4.69) is 28.2 Å². The fourth-order valence-electron chi connectivity index (χ4n) is 2.53. The molecule has 0 saturated carbocycles. The molecule has 0 aromatic heterocycles. The van der Waals surface area contributed by atoms with Crippen molar-refractivity contribution in [1.82, 2.24) is 5.32 Å². The summed E-state index contributed by atoms with van der Waals surface area (Å²) in [6, 6.07) is 13.5. The van der Waals surface area contributed by atoms with Crippen LogP contribution >= 0.6 is 15.9 Å². The van der Waals surface area contributed by atoms with E-state index in [1.54, 1.807) is 20.3 Å². The van der Waals surface area contributed by atoms with Gasteiger partial charge in [0.15, 0.2) is 0 Å². The van der Waals surface area contributed by atoms with Gasteiger partial charge >= 0.3 is 0 Å². The summed E-state index contributed by atoms with van der Waals surface area (Å²) in [6.45, 7) is 2.06. The van der Waals surface area contributed by atoms with Gasteiger partial charge in [-0.2, -0.15) is 0 Å². The van der Waals surface area contributed by atoms with E-state index in [1.807, 2.05) is 36.4 Å². The van der Waals surface area contributed by atoms with Crippen molar-refractivity contribution in [2.45, 2.75) is 25.8 Å². The number of hydrogen-bond acceptors (Lipinski definition) is 3. The highest BCUT2D eigenvalue weighted by molar-refractivity contribution is 9.10. The minimum absolute atomic E-state index is 0.00477. The van der Waals surface area contributed by atoms with E-state index in [0.717, 1.165) is 22.0 Å². The van der Waals surface area contributed by atoms with Crippen LogP contribution in [-0.2, 0) is 11.2 Å². The predicted molar refractivity (Wildman–Crippen MR) is 98.6 cm³/mol. The number of methoxy groups -OCH3 is 2. The molecule has 1 atom stereocenters. The molecule has 1 N–H and O–H groups in total. The lowest BCUT2D eigenvalue weighted by atomic mass is 10.0. The monoisotopic (exact) mass is 391 g/mol. The van der Waals surface area contributed by atoms with Gasteiger partial charge in [0.1, 0.15) is 11.5 Å². The Bertz CT molecular complexity index is 686. The van der Waals surface area contributed by atoms with E-state index < -0.39 is 0 Å². The molecule has 0 spiro atoms. The van der Waals surface area contributed by atoms with Crippen LogP contribution < -0.4 is 14.8 Å². The van der Waals surface area contributed by atoms with Crippen LogP contribution in [0.15, 0.2) is 46.9 Å². The minimum atomic E-state index is -0.0340. The third kappa shape index (κ3) is 4.74. The van der Waals surface area contributed by atoms with Gasteiger partial charge in [0.25, 0.3) is 0 Å². The Kier molecular flexibility index (Phi) is 6.67. The Morgan fingerprint density at radius 3 is 2.42 bits per heavy atom. The molecular weight excluding hydrogens is 370 g/mol. The van der Waals surface area contributed by atoms with Gasteiger partial charge in [-0.3, -0.25) is 4.79 Å². The molecule has 0 radical (unpaired) electrons. The Labute approximate surface area is 151 Å². The second-order valence-electron chi connectivity index (χ2n) is 5.43. The summed E-state index contributed by atoms with van der Waals surface area (Å²) in [6.07, 6.45) is 1.09. The van der Waals surface area contributed by atoms with Crippen LogP contribution in [0.4, 0.5) is 0 Å². The van der Waals surface area contributed by atoms with Crippen LogP contribution in [-0.4, -0.2) is 20.1 Å². The second-order valence-corrected chi connectivity index (χ2v) is 6.35.